The van der Waals surface area contributed by atoms with Gasteiger partial charge < -0.3 is 24.7 Å². The molecule has 4 rings (SSSR count). The molecule has 0 amide bonds. The van der Waals surface area contributed by atoms with Gasteiger partial charge in [-0.3, -0.25) is 0 Å². The molecule has 3 heterocycles. The summed E-state index contributed by atoms with van der Waals surface area (Å²) in [6.07, 6.45) is 3.04. The van der Waals surface area contributed by atoms with Crippen molar-refractivity contribution in [3.63, 3.8) is 0 Å². The molecule has 0 saturated carbocycles. The van der Waals surface area contributed by atoms with E-state index in [-0.39, 0.29) is 24.0 Å². The summed E-state index contributed by atoms with van der Waals surface area (Å²) >= 11 is 0. The molecule has 2 aromatic rings. The van der Waals surface area contributed by atoms with Gasteiger partial charge in [0.1, 0.15) is 12.4 Å². The highest BCUT2D eigenvalue weighted by molar-refractivity contribution is 14.0. The molecule has 2 N–H and O–H groups in total. The van der Waals surface area contributed by atoms with Crippen LogP contribution in [-0.2, 0) is 19.5 Å². The van der Waals surface area contributed by atoms with Crippen LogP contribution >= 0.6 is 24.0 Å². The second-order valence-electron chi connectivity index (χ2n) is 6.32. The van der Waals surface area contributed by atoms with Crippen LogP contribution in [-0.4, -0.2) is 40.5 Å². The van der Waals surface area contributed by atoms with E-state index in [1.807, 2.05) is 25.1 Å². The molecule has 9 heteroatoms. The van der Waals surface area contributed by atoms with Gasteiger partial charge in [0.05, 0.1) is 13.2 Å². The molecule has 0 bridgehead atoms. The topological polar surface area (TPSA) is 85.6 Å². The smallest absolute Gasteiger partial charge is 0.196 e. The van der Waals surface area contributed by atoms with Crippen LogP contribution in [0.5, 0.6) is 11.5 Å². The van der Waals surface area contributed by atoms with Crippen molar-refractivity contribution < 1.29 is 9.47 Å². The van der Waals surface area contributed by atoms with E-state index in [0.29, 0.717) is 25.7 Å². The Morgan fingerprint density at radius 3 is 2.89 bits per heavy atom. The van der Waals surface area contributed by atoms with E-state index in [1.165, 1.54) is 0 Å². The van der Waals surface area contributed by atoms with Gasteiger partial charge in [-0.05, 0) is 25.5 Å². The SMILES string of the molecule is CCNC(=NCc1nnc2n1CCC2)Nc1ccc2c(c1)OCCCO2.I. The Kier molecular flexibility index (Phi) is 6.75. The standard InChI is InChI=1S/C18H24N6O2.HI/c1-2-19-18(20-12-17-23-22-16-5-3-8-24(16)17)21-13-6-7-14-15(11-13)26-10-4-9-25-14;/h6-7,11H,2-5,8-10,12H2,1H3,(H2,19,20,21);1H. The first kappa shape index (κ1) is 19.7. The number of rotatable bonds is 4. The average molecular weight is 484 g/mol. The summed E-state index contributed by atoms with van der Waals surface area (Å²) in [7, 11) is 0. The number of ether oxygens (including phenoxy) is 2. The van der Waals surface area contributed by atoms with Crippen LogP contribution in [0.15, 0.2) is 23.2 Å². The summed E-state index contributed by atoms with van der Waals surface area (Å²) in [5.41, 5.74) is 0.903. The first-order chi connectivity index (χ1) is 12.8. The molecular weight excluding hydrogens is 459 g/mol. The molecule has 2 aliphatic rings. The van der Waals surface area contributed by atoms with Gasteiger partial charge >= 0.3 is 0 Å². The first-order valence-electron chi connectivity index (χ1n) is 9.19. The Labute approximate surface area is 175 Å². The molecule has 0 saturated heterocycles. The number of nitrogens with zero attached hydrogens (tertiary/aromatic N) is 4. The zero-order valence-electron chi connectivity index (χ0n) is 15.4. The molecule has 0 radical (unpaired) electrons. The number of guanidine groups is 1. The molecule has 8 nitrogen and oxygen atoms in total. The van der Waals surface area contributed by atoms with Crippen LogP contribution in [0.2, 0.25) is 0 Å². The number of benzene rings is 1. The zero-order valence-corrected chi connectivity index (χ0v) is 17.7. The number of fused-ring (bicyclic) bond motifs is 2. The van der Waals surface area contributed by atoms with E-state index in [9.17, 15) is 0 Å². The maximum Gasteiger partial charge on any atom is 0.196 e. The van der Waals surface area contributed by atoms with E-state index < -0.39 is 0 Å². The van der Waals surface area contributed by atoms with Crippen molar-refractivity contribution >= 4 is 35.6 Å². The molecule has 1 aromatic heterocycles. The van der Waals surface area contributed by atoms with Crippen LogP contribution in [0.4, 0.5) is 5.69 Å². The molecule has 0 unspecified atom stereocenters. The van der Waals surface area contributed by atoms with Crippen molar-refractivity contribution in [1.29, 1.82) is 0 Å². The van der Waals surface area contributed by atoms with E-state index in [0.717, 1.165) is 61.2 Å². The minimum Gasteiger partial charge on any atom is -0.490 e. The Bertz CT molecular complexity index is 807. The van der Waals surface area contributed by atoms with Gasteiger partial charge in [0.15, 0.2) is 23.3 Å². The van der Waals surface area contributed by atoms with Gasteiger partial charge in [-0.15, -0.1) is 34.2 Å². The van der Waals surface area contributed by atoms with Gasteiger partial charge in [0, 0.05) is 37.7 Å². The van der Waals surface area contributed by atoms with Crippen molar-refractivity contribution in [2.75, 3.05) is 25.1 Å². The number of hydrogen-bond acceptors (Lipinski definition) is 5. The predicted octanol–water partition coefficient (Wildman–Crippen LogP) is 2.58. The minimum atomic E-state index is 0. The molecule has 0 atom stereocenters. The van der Waals surface area contributed by atoms with E-state index in [1.54, 1.807) is 0 Å². The fourth-order valence-corrected chi connectivity index (χ4v) is 3.16. The molecule has 2 aliphatic heterocycles. The highest BCUT2D eigenvalue weighted by atomic mass is 127. The highest BCUT2D eigenvalue weighted by Gasteiger charge is 2.17. The number of anilines is 1. The number of nitrogens with one attached hydrogen (secondary N) is 2. The second-order valence-corrected chi connectivity index (χ2v) is 6.32. The zero-order chi connectivity index (χ0) is 17.8. The average Bonchev–Trinajstić information content (AvgIpc) is 3.18. The fraction of sp³-hybridized carbons (Fsp3) is 0.500. The van der Waals surface area contributed by atoms with Gasteiger partial charge in [-0.1, -0.05) is 0 Å². The third-order valence-corrected chi connectivity index (χ3v) is 4.42. The van der Waals surface area contributed by atoms with Gasteiger partial charge in [0.2, 0.25) is 0 Å². The van der Waals surface area contributed by atoms with E-state index in [2.05, 4.69) is 30.4 Å². The maximum atomic E-state index is 5.75. The summed E-state index contributed by atoms with van der Waals surface area (Å²) in [4.78, 5) is 4.66. The fourth-order valence-electron chi connectivity index (χ4n) is 3.16. The number of hydrogen-bond donors (Lipinski definition) is 2. The Morgan fingerprint density at radius 1 is 1.19 bits per heavy atom. The lowest BCUT2D eigenvalue weighted by Gasteiger charge is -2.13. The molecule has 0 fully saturated rings. The lowest BCUT2D eigenvalue weighted by atomic mass is 10.3. The van der Waals surface area contributed by atoms with Crippen molar-refractivity contribution in [3.05, 3.63) is 29.8 Å². The summed E-state index contributed by atoms with van der Waals surface area (Å²) in [6.45, 7) is 5.65. The molecule has 0 spiro atoms. The van der Waals surface area contributed by atoms with Gasteiger partial charge in [-0.25, -0.2) is 4.99 Å². The molecule has 1 aromatic carbocycles. The molecule has 27 heavy (non-hydrogen) atoms. The van der Waals surface area contributed by atoms with Crippen LogP contribution in [0, 0.1) is 0 Å². The van der Waals surface area contributed by atoms with Gasteiger partial charge in [0.25, 0.3) is 0 Å². The monoisotopic (exact) mass is 484 g/mol. The maximum absolute atomic E-state index is 5.75. The van der Waals surface area contributed by atoms with Crippen molar-refractivity contribution in [2.45, 2.75) is 39.3 Å². The Morgan fingerprint density at radius 2 is 2.04 bits per heavy atom. The highest BCUT2D eigenvalue weighted by Crippen LogP contribution is 2.32. The van der Waals surface area contributed by atoms with Crippen LogP contribution < -0.4 is 20.1 Å². The minimum absolute atomic E-state index is 0. The third-order valence-electron chi connectivity index (χ3n) is 4.42. The van der Waals surface area contributed by atoms with Crippen LogP contribution in [0.3, 0.4) is 0 Å². The molecule has 146 valence electrons. The summed E-state index contributed by atoms with van der Waals surface area (Å²) in [6, 6.07) is 5.84. The second kappa shape index (κ2) is 9.25. The Hall–Kier alpha value is -2.04. The lowest BCUT2D eigenvalue weighted by Crippen LogP contribution is -2.30. The number of aromatic nitrogens is 3. The Balaban J connectivity index is 0.00000210. The van der Waals surface area contributed by atoms with Gasteiger partial charge in [-0.2, -0.15) is 0 Å². The third kappa shape index (κ3) is 4.63. The van der Waals surface area contributed by atoms with Crippen molar-refractivity contribution in [1.82, 2.24) is 20.1 Å². The van der Waals surface area contributed by atoms with E-state index >= 15 is 0 Å². The predicted molar refractivity (Wildman–Crippen MR) is 114 cm³/mol. The molecule has 0 aliphatic carbocycles. The number of halogens is 1. The van der Waals surface area contributed by atoms with Crippen molar-refractivity contribution in [2.24, 2.45) is 4.99 Å². The van der Waals surface area contributed by atoms with Crippen LogP contribution in [0.1, 0.15) is 31.4 Å². The van der Waals surface area contributed by atoms with E-state index in [4.69, 9.17) is 9.47 Å². The summed E-state index contributed by atoms with van der Waals surface area (Å²) < 4.78 is 13.6. The summed E-state index contributed by atoms with van der Waals surface area (Å²) in [5, 5.41) is 15.1. The largest absolute Gasteiger partial charge is 0.490 e. The first-order valence-corrected chi connectivity index (χ1v) is 9.19. The number of aryl methyl sites for hydroxylation is 1. The molecular formula is C18H25IN6O2. The normalized spacial score (nSPS) is 15.5. The number of aliphatic imine (C=N–C) groups is 1. The quantitative estimate of drug-likeness (QED) is 0.395. The van der Waals surface area contributed by atoms with Crippen molar-refractivity contribution in [3.8, 4) is 11.5 Å². The van der Waals surface area contributed by atoms with Crippen LogP contribution in [0.25, 0.3) is 0 Å². The summed E-state index contributed by atoms with van der Waals surface area (Å²) in [5.74, 6) is 4.23. The lowest BCUT2D eigenvalue weighted by molar-refractivity contribution is 0.297.